The van der Waals surface area contributed by atoms with E-state index in [1.807, 2.05) is 24.3 Å². The molecule has 36 heavy (non-hydrogen) atoms. The highest BCUT2D eigenvalue weighted by Gasteiger charge is 2.48. The molecular weight excluding hydrogens is 479 g/mol. The van der Waals surface area contributed by atoms with Crippen LogP contribution in [0, 0.1) is 5.82 Å². The predicted molar refractivity (Wildman–Crippen MR) is 138 cm³/mol. The highest BCUT2D eigenvalue weighted by Crippen LogP contribution is 2.44. The van der Waals surface area contributed by atoms with Crippen LogP contribution in [0.2, 0.25) is 0 Å². The van der Waals surface area contributed by atoms with Gasteiger partial charge in [-0.2, -0.15) is 0 Å². The zero-order valence-corrected chi connectivity index (χ0v) is 20.7. The summed E-state index contributed by atoms with van der Waals surface area (Å²) >= 11 is 1.12. The minimum Gasteiger partial charge on any atom is -0.507 e. The Balaban J connectivity index is 1.70. The molecular formula is C28H23FN2O4S. The number of halogens is 1. The Bertz CT molecular complexity index is 1510. The molecule has 0 radical (unpaired) electrons. The first-order valence-electron chi connectivity index (χ1n) is 11.4. The van der Waals surface area contributed by atoms with Gasteiger partial charge in [-0.1, -0.05) is 49.4 Å². The first kappa shape index (κ1) is 23.7. The standard InChI is InChI=1S/C28H23FN2O4S/c1-15(2)16-4-6-17(7-5-16)24-23(25(32)18-8-11-20(35-3)12-9-18)26(33)27(34)31(24)28-30-21-13-10-19(29)14-22(21)36-28/h4-15,24,32H,1-3H3. The van der Waals surface area contributed by atoms with Gasteiger partial charge < -0.3 is 9.84 Å². The number of anilines is 1. The number of ether oxygens (including phenoxy) is 1. The molecule has 1 aromatic heterocycles. The van der Waals surface area contributed by atoms with E-state index < -0.39 is 23.5 Å². The number of benzene rings is 3. The van der Waals surface area contributed by atoms with E-state index >= 15 is 0 Å². The molecule has 1 amide bonds. The van der Waals surface area contributed by atoms with Crippen LogP contribution in [0.1, 0.15) is 42.5 Å². The number of Topliss-reactive ketones (excluding diaryl/α,β-unsaturated/α-hetero) is 1. The summed E-state index contributed by atoms with van der Waals surface area (Å²) in [5.41, 5.74) is 2.61. The van der Waals surface area contributed by atoms with Crippen LogP contribution in [0.25, 0.3) is 16.0 Å². The van der Waals surface area contributed by atoms with E-state index in [1.54, 1.807) is 24.3 Å². The van der Waals surface area contributed by atoms with Crippen LogP contribution in [0.15, 0.2) is 72.3 Å². The van der Waals surface area contributed by atoms with Crippen molar-refractivity contribution in [3.8, 4) is 5.75 Å². The molecule has 3 aromatic carbocycles. The van der Waals surface area contributed by atoms with Gasteiger partial charge in [0.25, 0.3) is 5.78 Å². The number of hydrogen-bond acceptors (Lipinski definition) is 6. The third kappa shape index (κ3) is 4.03. The number of aromatic nitrogens is 1. The lowest BCUT2D eigenvalue weighted by Gasteiger charge is -2.23. The number of thiazole rings is 1. The third-order valence-corrected chi connectivity index (χ3v) is 7.29. The van der Waals surface area contributed by atoms with Gasteiger partial charge in [0.2, 0.25) is 0 Å². The quantitative estimate of drug-likeness (QED) is 0.200. The average Bonchev–Trinajstić information content (AvgIpc) is 3.41. The van der Waals surface area contributed by atoms with Crippen LogP contribution in [0.5, 0.6) is 5.75 Å². The summed E-state index contributed by atoms with van der Waals surface area (Å²) in [6.07, 6.45) is 0. The second-order valence-electron chi connectivity index (χ2n) is 8.83. The van der Waals surface area contributed by atoms with Gasteiger partial charge in [-0.15, -0.1) is 0 Å². The lowest BCUT2D eigenvalue weighted by Crippen LogP contribution is -2.29. The SMILES string of the molecule is COc1ccc(C(O)=C2C(=O)C(=O)N(c3nc4ccc(F)cc4s3)C2c2ccc(C(C)C)cc2)cc1. The Labute approximate surface area is 211 Å². The smallest absolute Gasteiger partial charge is 0.301 e. The molecule has 5 rings (SSSR count). The number of ketones is 1. The van der Waals surface area contributed by atoms with E-state index in [1.165, 1.54) is 30.2 Å². The number of methoxy groups -OCH3 is 1. The molecule has 1 fully saturated rings. The van der Waals surface area contributed by atoms with Gasteiger partial charge in [-0.3, -0.25) is 14.5 Å². The van der Waals surface area contributed by atoms with Crippen molar-refractivity contribution in [2.45, 2.75) is 25.8 Å². The molecule has 1 aliphatic rings. The minimum absolute atomic E-state index is 0.0344. The molecule has 6 nitrogen and oxygen atoms in total. The Morgan fingerprint density at radius 3 is 2.39 bits per heavy atom. The number of aliphatic hydroxyl groups is 1. The van der Waals surface area contributed by atoms with E-state index in [-0.39, 0.29) is 16.5 Å². The summed E-state index contributed by atoms with van der Waals surface area (Å²) in [4.78, 5) is 32.5. The van der Waals surface area contributed by atoms with Crippen molar-refractivity contribution in [2.24, 2.45) is 0 Å². The number of aliphatic hydroxyl groups excluding tert-OH is 1. The second kappa shape index (κ2) is 9.20. The summed E-state index contributed by atoms with van der Waals surface area (Å²) in [6.45, 7) is 4.15. The van der Waals surface area contributed by atoms with E-state index in [0.717, 1.165) is 16.9 Å². The number of rotatable bonds is 5. The van der Waals surface area contributed by atoms with Crippen molar-refractivity contribution in [3.05, 3.63) is 94.8 Å². The lowest BCUT2D eigenvalue weighted by molar-refractivity contribution is -0.132. The maximum atomic E-state index is 13.8. The molecule has 1 aliphatic heterocycles. The highest BCUT2D eigenvalue weighted by molar-refractivity contribution is 7.22. The molecule has 8 heteroatoms. The molecule has 2 heterocycles. The topological polar surface area (TPSA) is 79.7 Å². The average molecular weight is 503 g/mol. The van der Waals surface area contributed by atoms with Crippen LogP contribution in [-0.2, 0) is 9.59 Å². The van der Waals surface area contributed by atoms with Gasteiger partial charge in [0.15, 0.2) is 5.13 Å². The van der Waals surface area contributed by atoms with E-state index in [0.29, 0.717) is 33.0 Å². The maximum Gasteiger partial charge on any atom is 0.301 e. The van der Waals surface area contributed by atoms with Crippen molar-refractivity contribution < 1.29 is 23.8 Å². The van der Waals surface area contributed by atoms with Crippen molar-refractivity contribution >= 4 is 44.1 Å². The van der Waals surface area contributed by atoms with Crippen molar-refractivity contribution in [1.29, 1.82) is 0 Å². The minimum atomic E-state index is -0.904. The first-order chi connectivity index (χ1) is 17.3. The monoisotopic (exact) mass is 502 g/mol. The number of carbonyl (C=O) groups excluding carboxylic acids is 2. The molecule has 0 saturated carbocycles. The van der Waals surface area contributed by atoms with Crippen LogP contribution in [0.3, 0.4) is 0 Å². The van der Waals surface area contributed by atoms with Gasteiger partial charge >= 0.3 is 5.91 Å². The number of fused-ring (bicyclic) bond motifs is 1. The van der Waals surface area contributed by atoms with Crippen LogP contribution in [-0.4, -0.2) is 28.9 Å². The Morgan fingerprint density at radius 1 is 1.06 bits per heavy atom. The second-order valence-corrected chi connectivity index (χ2v) is 9.84. The van der Waals surface area contributed by atoms with Gasteiger partial charge in [0, 0.05) is 5.56 Å². The van der Waals surface area contributed by atoms with E-state index in [2.05, 4.69) is 18.8 Å². The number of hydrogen-bond donors (Lipinski definition) is 1. The van der Waals surface area contributed by atoms with Gasteiger partial charge in [0.1, 0.15) is 17.3 Å². The van der Waals surface area contributed by atoms with Crippen LogP contribution < -0.4 is 9.64 Å². The van der Waals surface area contributed by atoms with Crippen LogP contribution in [0.4, 0.5) is 9.52 Å². The van der Waals surface area contributed by atoms with Crippen LogP contribution >= 0.6 is 11.3 Å². The molecule has 4 aromatic rings. The fraction of sp³-hybridized carbons (Fsp3) is 0.179. The highest BCUT2D eigenvalue weighted by atomic mass is 32.1. The third-order valence-electron chi connectivity index (χ3n) is 6.27. The summed E-state index contributed by atoms with van der Waals surface area (Å²) in [5, 5.41) is 11.5. The zero-order valence-electron chi connectivity index (χ0n) is 19.9. The molecule has 0 spiro atoms. The zero-order chi connectivity index (χ0) is 25.6. The molecule has 1 N–H and O–H groups in total. The maximum absolute atomic E-state index is 13.8. The predicted octanol–water partition coefficient (Wildman–Crippen LogP) is 6.19. The first-order valence-corrected chi connectivity index (χ1v) is 12.2. The summed E-state index contributed by atoms with van der Waals surface area (Å²) in [7, 11) is 1.53. The Kier molecular flexibility index (Phi) is 6.05. The molecule has 0 bridgehead atoms. The summed E-state index contributed by atoms with van der Waals surface area (Å²) in [5.74, 6) is -1.43. The summed E-state index contributed by atoms with van der Waals surface area (Å²) < 4.78 is 19.5. The number of amides is 1. The fourth-order valence-electron chi connectivity index (χ4n) is 4.30. The van der Waals surface area contributed by atoms with Crippen molar-refractivity contribution in [3.63, 3.8) is 0 Å². The lowest BCUT2D eigenvalue weighted by atomic mass is 9.93. The fourth-order valence-corrected chi connectivity index (χ4v) is 5.32. The van der Waals surface area contributed by atoms with E-state index in [4.69, 9.17) is 4.74 Å². The Morgan fingerprint density at radius 2 is 1.75 bits per heavy atom. The molecule has 1 atom stereocenters. The number of carbonyl (C=O) groups is 2. The van der Waals surface area contributed by atoms with Gasteiger partial charge in [-0.25, -0.2) is 9.37 Å². The molecule has 182 valence electrons. The van der Waals surface area contributed by atoms with Crippen molar-refractivity contribution in [2.75, 3.05) is 12.0 Å². The molecule has 0 aliphatic carbocycles. The van der Waals surface area contributed by atoms with Gasteiger partial charge in [0.05, 0.1) is 28.9 Å². The largest absolute Gasteiger partial charge is 0.507 e. The van der Waals surface area contributed by atoms with E-state index in [9.17, 15) is 19.1 Å². The molecule has 1 saturated heterocycles. The summed E-state index contributed by atoms with van der Waals surface area (Å²) in [6, 6.07) is 17.5. The Hall–Kier alpha value is -4.04. The van der Waals surface area contributed by atoms with Crippen molar-refractivity contribution in [1.82, 2.24) is 4.98 Å². The van der Waals surface area contributed by atoms with Gasteiger partial charge in [-0.05, 0) is 59.5 Å². The molecule has 1 unspecified atom stereocenters. The number of nitrogens with zero attached hydrogens (tertiary/aromatic N) is 2. The normalized spacial score (nSPS) is 17.4.